The molecule has 0 bridgehead atoms. The third-order valence-corrected chi connectivity index (χ3v) is 5.02. The number of hydrogen-bond donors (Lipinski definition) is 1. The molecule has 0 atom stereocenters. The second-order valence-electron chi connectivity index (χ2n) is 6.17. The van der Waals surface area contributed by atoms with Gasteiger partial charge in [-0.1, -0.05) is 26.2 Å². The summed E-state index contributed by atoms with van der Waals surface area (Å²) in [7, 11) is 0. The zero-order valence-electron chi connectivity index (χ0n) is 13.1. The lowest BCUT2D eigenvalue weighted by atomic mass is 9.76. The third kappa shape index (κ3) is 5.30. The van der Waals surface area contributed by atoms with Crippen LogP contribution < -0.4 is 5.32 Å². The van der Waals surface area contributed by atoms with Crippen LogP contribution in [-0.2, 0) is 16.0 Å². The molecule has 1 fully saturated rings. The molecule has 21 heavy (non-hydrogen) atoms. The molecule has 0 spiro atoms. The quantitative estimate of drug-likeness (QED) is 0.773. The summed E-state index contributed by atoms with van der Waals surface area (Å²) in [5.74, 6) is -0.144. The lowest BCUT2D eigenvalue weighted by Crippen LogP contribution is -2.28. The van der Waals surface area contributed by atoms with Crippen LogP contribution in [0.1, 0.15) is 58.1 Å². The Kier molecular flexibility index (Phi) is 6.03. The van der Waals surface area contributed by atoms with Gasteiger partial charge in [0.15, 0.2) is 5.13 Å². The van der Waals surface area contributed by atoms with Crippen LogP contribution >= 0.6 is 11.3 Å². The van der Waals surface area contributed by atoms with Crippen LogP contribution in [0.15, 0.2) is 5.38 Å². The molecule has 0 unspecified atom stereocenters. The Morgan fingerprint density at radius 3 is 2.90 bits per heavy atom. The van der Waals surface area contributed by atoms with Crippen molar-refractivity contribution in [2.45, 2.75) is 58.8 Å². The van der Waals surface area contributed by atoms with Crippen molar-refractivity contribution in [2.24, 2.45) is 5.41 Å². The van der Waals surface area contributed by atoms with Crippen LogP contribution in [0.25, 0.3) is 0 Å². The van der Waals surface area contributed by atoms with Crippen molar-refractivity contribution in [1.29, 1.82) is 0 Å². The molecule has 118 valence electrons. The number of nitrogens with zero attached hydrogens (tertiary/aromatic N) is 1. The fourth-order valence-electron chi connectivity index (χ4n) is 2.84. The highest BCUT2D eigenvalue weighted by Gasteiger charge is 2.26. The molecule has 1 aliphatic carbocycles. The highest BCUT2D eigenvalue weighted by molar-refractivity contribution is 7.13. The molecular formula is C16H26N2O2S. The number of ether oxygens (including phenoxy) is 1. The summed E-state index contributed by atoms with van der Waals surface area (Å²) in [6.07, 6.45) is 7.76. The number of aromatic nitrogens is 1. The maximum Gasteiger partial charge on any atom is 0.306 e. The fourth-order valence-corrected chi connectivity index (χ4v) is 3.58. The van der Waals surface area contributed by atoms with Crippen molar-refractivity contribution in [3.8, 4) is 0 Å². The van der Waals surface area contributed by atoms with Gasteiger partial charge in [0.1, 0.15) is 0 Å². The molecule has 0 saturated heterocycles. The van der Waals surface area contributed by atoms with E-state index in [1.807, 2.05) is 12.3 Å². The zero-order chi connectivity index (χ0) is 15.1. The van der Waals surface area contributed by atoms with E-state index in [0.717, 1.165) is 17.4 Å². The van der Waals surface area contributed by atoms with Gasteiger partial charge in [-0.05, 0) is 25.2 Å². The van der Waals surface area contributed by atoms with Crippen molar-refractivity contribution in [3.63, 3.8) is 0 Å². The van der Waals surface area contributed by atoms with E-state index in [1.54, 1.807) is 11.3 Å². The predicted molar refractivity (Wildman–Crippen MR) is 86.7 cm³/mol. The molecule has 4 nitrogen and oxygen atoms in total. The van der Waals surface area contributed by atoms with Gasteiger partial charge >= 0.3 is 5.97 Å². The molecule has 0 amide bonds. The Balaban J connectivity index is 1.76. The second-order valence-corrected chi connectivity index (χ2v) is 7.03. The van der Waals surface area contributed by atoms with Crippen molar-refractivity contribution in [1.82, 2.24) is 4.98 Å². The first kappa shape index (κ1) is 16.3. The largest absolute Gasteiger partial charge is 0.466 e. The van der Waals surface area contributed by atoms with E-state index in [1.165, 1.54) is 32.1 Å². The number of thiazole rings is 1. The summed E-state index contributed by atoms with van der Waals surface area (Å²) in [6, 6.07) is 0. The molecule has 1 saturated carbocycles. The minimum atomic E-state index is -0.144. The Hall–Kier alpha value is -1.10. The number of carbonyl (C=O) groups excluding carboxylic acids is 1. The molecule has 1 heterocycles. The first-order valence-electron chi connectivity index (χ1n) is 7.95. The predicted octanol–water partition coefficient (Wildman–Crippen LogP) is 4.02. The van der Waals surface area contributed by atoms with E-state index in [4.69, 9.17) is 4.74 Å². The molecule has 2 rings (SSSR count). The highest BCUT2D eigenvalue weighted by atomic mass is 32.1. The summed E-state index contributed by atoms with van der Waals surface area (Å²) >= 11 is 1.63. The molecular weight excluding hydrogens is 284 g/mol. The van der Waals surface area contributed by atoms with Crippen molar-refractivity contribution in [2.75, 3.05) is 18.5 Å². The Labute approximate surface area is 131 Å². The van der Waals surface area contributed by atoms with Gasteiger partial charge in [-0.25, -0.2) is 4.98 Å². The van der Waals surface area contributed by atoms with Gasteiger partial charge in [0.05, 0.1) is 18.7 Å². The SMILES string of the molecule is CCOC(=O)CCc1csc(NCC2(C)CCCCC2)n1. The molecule has 5 heteroatoms. The topological polar surface area (TPSA) is 51.2 Å². The standard InChI is InChI=1S/C16H26N2O2S/c1-3-20-14(19)8-7-13-11-21-15(18-13)17-12-16(2)9-5-4-6-10-16/h11H,3-10,12H2,1-2H3,(H,17,18). The molecule has 1 aliphatic rings. The summed E-state index contributed by atoms with van der Waals surface area (Å²) in [5, 5.41) is 6.48. The van der Waals surface area contributed by atoms with Gasteiger partial charge in [0.25, 0.3) is 0 Å². The Morgan fingerprint density at radius 1 is 1.43 bits per heavy atom. The van der Waals surface area contributed by atoms with Crippen molar-refractivity contribution >= 4 is 22.4 Å². The Morgan fingerprint density at radius 2 is 2.19 bits per heavy atom. The number of esters is 1. The van der Waals surface area contributed by atoms with E-state index in [9.17, 15) is 4.79 Å². The smallest absolute Gasteiger partial charge is 0.306 e. The maximum atomic E-state index is 11.3. The Bertz CT molecular complexity index is 453. The maximum absolute atomic E-state index is 11.3. The summed E-state index contributed by atoms with van der Waals surface area (Å²) < 4.78 is 4.93. The van der Waals surface area contributed by atoms with E-state index >= 15 is 0 Å². The molecule has 1 N–H and O–H groups in total. The van der Waals surface area contributed by atoms with Gasteiger partial charge in [0, 0.05) is 18.3 Å². The first-order valence-corrected chi connectivity index (χ1v) is 8.83. The molecule has 1 aromatic heterocycles. The van der Waals surface area contributed by atoms with Gasteiger partial charge in [0.2, 0.25) is 0 Å². The third-order valence-electron chi connectivity index (χ3n) is 4.17. The van der Waals surface area contributed by atoms with Crippen LogP contribution in [0.5, 0.6) is 0 Å². The summed E-state index contributed by atoms with van der Waals surface area (Å²) in [6.45, 7) is 5.64. The number of hydrogen-bond acceptors (Lipinski definition) is 5. The minimum Gasteiger partial charge on any atom is -0.466 e. The van der Waals surface area contributed by atoms with Crippen molar-refractivity contribution < 1.29 is 9.53 Å². The van der Waals surface area contributed by atoms with E-state index in [-0.39, 0.29) is 5.97 Å². The minimum absolute atomic E-state index is 0.144. The van der Waals surface area contributed by atoms with Gasteiger partial charge in [-0.2, -0.15) is 0 Å². The lowest BCUT2D eigenvalue weighted by Gasteiger charge is -2.33. The number of carbonyl (C=O) groups is 1. The monoisotopic (exact) mass is 310 g/mol. The van der Waals surface area contributed by atoms with Crippen LogP contribution in [0, 0.1) is 5.41 Å². The normalized spacial score (nSPS) is 17.4. The van der Waals surface area contributed by atoms with Crippen LogP contribution in [0.2, 0.25) is 0 Å². The lowest BCUT2D eigenvalue weighted by molar-refractivity contribution is -0.143. The average molecular weight is 310 g/mol. The fraction of sp³-hybridized carbons (Fsp3) is 0.750. The van der Waals surface area contributed by atoms with Gasteiger partial charge in [-0.15, -0.1) is 11.3 Å². The van der Waals surface area contributed by atoms with Gasteiger partial charge < -0.3 is 10.1 Å². The van der Waals surface area contributed by atoms with E-state index < -0.39 is 0 Å². The van der Waals surface area contributed by atoms with Crippen LogP contribution in [0.4, 0.5) is 5.13 Å². The number of nitrogens with one attached hydrogen (secondary N) is 1. The molecule has 0 aromatic carbocycles. The molecule has 1 aromatic rings. The first-order chi connectivity index (χ1) is 10.1. The molecule has 0 aliphatic heterocycles. The molecule has 0 radical (unpaired) electrons. The number of rotatable bonds is 7. The average Bonchev–Trinajstić information content (AvgIpc) is 2.92. The van der Waals surface area contributed by atoms with Crippen LogP contribution in [-0.4, -0.2) is 24.1 Å². The highest BCUT2D eigenvalue weighted by Crippen LogP contribution is 2.36. The van der Waals surface area contributed by atoms with Gasteiger partial charge in [-0.3, -0.25) is 4.79 Å². The van der Waals surface area contributed by atoms with E-state index in [0.29, 0.717) is 24.9 Å². The second kappa shape index (κ2) is 7.78. The van der Waals surface area contributed by atoms with E-state index in [2.05, 4.69) is 17.2 Å². The summed E-state index contributed by atoms with van der Waals surface area (Å²) in [4.78, 5) is 15.9. The van der Waals surface area contributed by atoms with Crippen molar-refractivity contribution in [3.05, 3.63) is 11.1 Å². The zero-order valence-corrected chi connectivity index (χ0v) is 13.9. The van der Waals surface area contributed by atoms with Crippen LogP contribution in [0.3, 0.4) is 0 Å². The number of anilines is 1. The summed E-state index contributed by atoms with van der Waals surface area (Å²) in [5.41, 5.74) is 1.39. The number of aryl methyl sites for hydroxylation is 1.